The number of hydrogen-bond acceptors (Lipinski definition) is 8. The van der Waals surface area contributed by atoms with Crippen LogP contribution >= 0.6 is 0 Å². The van der Waals surface area contributed by atoms with E-state index >= 15 is 0 Å². The molecule has 2 heterocycles. The van der Waals surface area contributed by atoms with Gasteiger partial charge < -0.3 is 25.6 Å². The number of amidine groups is 1. The van der Waals surface area contributed by atoms with E-state index in [0.717, 1.165) is 67.8 Å². The van der Waals surface area contributed by atoms with Crippen LogP contribution in [0.15, 0.2) is 70.6 Å². The van der Waals surface area contributed by atoms with E-state index in [0.29, 0.717) is 5.95 Å². The van der Waals surface area contributed by atoms with Crippen molar-refractivity contribution in [1.29, 1.82) is 0 Å². The van der Waals surface area contributed by atoms with Gasteiger partial charge in [0.15, 0.2) is 6.73 Å². The number of ether oxygens (including phenoxy) is 1. The van der Waals surface area contributed by atoms with Crippen LogP contribution in [0.2, 0.25) is 0 Å². The number of nitrogens with two attached hydrogens (primary N) is 1. The lowest BCUT2D eigenvalue weighted by Gasteiger charge is -2.40. The van der Waals surface area contributed by atoms with Crippen LogP contribution in [0.5, 0.6) is 0 Å². The van der Waals surface area contributed by atoms with Gasteiger partial charge in [0.25, 0.3) is 5.56 Å². The Morgan fingerprint density at radius 1 is 1.12 bits per heavy atom. The lowest BCUT2D eigenvalue weighted by atomic mass is 9.93. The summed E-state index contributed by atoms with van der Waals surface area (Å²) in [5.74, 6) is 0.256. The molecule has 0 spiro atoms. The van der Waals surface area contributed by atoms with Crippen molar-refractivity contribution in [2.24, 2.45) is 16.6 Å². The molecule has 0 radical (unpaired) electrons. The number of carbonyl (C=O) groups is 2. The summed E-state index contributed by atoms with van der Waals surface area (Å²) < 4.78 is 20.2. The zero-order chi connectivity index (χ0) is 34.8. The molecule has 0 aliphatic carbocycles. The van der Waals surface area contributed by atoms with Crippen LogP contribution in [-0.4, -0.2) is 70.4 Å². The topological polar surface area (TPSA) is 135 Å². The Bertz CT molecular complexity index is 1620. The average Bonchev–Trinajstić information content (AvgIpc) is 3.08. The largest absolute Gasteiger partial charge is 0.442 e. The molecule has 1 aliphatic heterocycles. The highest BCUT2D eigenvalue weighted by Crippen LogP contribution is 2.27. The second kappa shape index (κ2) is 17.0. The Kier molecular flexibility index (Phi) is 12.8. The maximum absolute atomic E-state index is 13.5. The third-order valence-electron chi connectivity index (χ3n) is 8.93. The van der Waals surface area contributed by atoms with Crippen molar-refractivity contribution in [3.05, 3.63) is 88.1 Å². The first kappa shape index (κ1) is 36.3. The monoisotopic (exact) mass is 661 g/mol. The van der Waals surface area contributed by atoms with Crippen LogP contribution in [0.3, 0.4) is 0 Å². The summed E-state index contributed by atoms with van der Waals surface area (Å²) in [6.07, 6.45) is 5.67. The number of halogens is 1. The molecule has 4 rings (SSSR count). The first-order valence-electron chi connectivity index (χ1n) is 16.6. The number of anilines is 1. The van der Waals surface area contributed by atoms with Gasteiger partial charge in [0, 0.05) is 44.4 Å². The summed E-state index contributed by atoms with van der Waals surface area (Å²) in [6.45, 7) is 8.44. The molecular weight excluding hydrogens is 613 g/mol. The molecule has 1 amide bonds. The van der Waals surface area contributed by atoms with E-state index in [2.05, 4.69) is 35.1 Å². The average molecular weight is 662 g/mol. The second-order valence-corrected chi connectivity index (χ2v) is 12.5. The van der Waals surface area contributed by atoms with Gasteiger partial charge in [-0.3, -0.25) is 9.59 Å². The third-order valence-corrected chi connectivity index (χ3v) is 8.93. The van der Waals surface area contributed by atoms with Crippen molar-refractivity contribution in [1.82, 2.24) is 19.8 Å². The van der Waals surface area contributed by atoms with Crippen LogP contribution in [-0.2, 0) is 27.5 Å². The lowest BCUT2D eigenvalue weighted by Crippen LogP contribution is -2.48. The highest BCUT2D eigenvalue weighted by atomic mass is 19.1. The van der Waals surface area contributed by atoms with Crippen molar-refractivity contribution < 1.29 is 18.7 Å². The number of likely N-dealkylation sites (tertiary alicyclic amines) is 1. The highest BCUT2D eigenvalue weighted by molar-refractivity contribution is 5.88. The number of rotatable bonds is 13. The van der Waals surface area contributed by atoms with Gasteiger partial charge in [0.2, 0.25) is 11.9 Å². The number of aliphatic imine (C=N–C) groups is 1. The maximum Gasteiger partial charge on any atom is 0.330 e. The number of amides is 1. The first-order chi connectivity index (χ1) is 23.0. The molecule has 12 heteroatoms. The minimum absolute atomic E-state index is 0.0701. The van der Waals surface area contributed by atoms with Crippen LogP contribution < -0.4 is 21.5 Å². The summed E-state index contributed by atoms with van der Waals surface area (Å²) >= 11 is 0. The molecule has 11 nitrogen and oxygen atoms in total. The van der Waals surface area contributed by atoms with Crippen LogP contribution in [0.1, 0.15) is 57.6 Å². The van der Waals surface area contributed by atoms with Crippen molar-refractivity contribution >= 4 is 29.3 Å². The Hall–Kier alpha value is -4.58. The number of aryl methyl sites for hydroxylation is 2. The van der Waals surface area contributed by atoms with Gasteiger partial charge in [0.1, 0.15) is 17.7 Å². The van der Waals surface area contributed by atoms with Gasteiger partial charge >= 0.3 is 5.97 Å². The van der Waals surface area contributed by atoms with Gasteiger partial charge in [-0.15, -0.1) is 0 Å². The fourth-order valence-corrected chi connectivity index (χ4v) is 5.87. The predicted octanol–water partition coefficient (Wildman–Crippen LogP) is 4.33. The molecule has 2 aromatic carbocycles. The third kappa shape index (κ3) is 9.50. The zero-order valence-corrected chi connectivity index (χ0v) is 28.6. The molecule has 1 aliphatic rings. The smallest absolute Gasteiger partial charge is 0.330 e. The summed E-state index contributed by atoms with van der Waals surface area (Å²) in [5.41, 5.74) is 8.38. The Morgan fingerprint density at radius 2 is 1.81 bits per heavy atom. The molecule has 1 saturated heterocycles. The summed E-state index contributed by atoms with van der Waals surface area (Å²) in [4.78, 5) is 51.4. The number of benzene rings is 2. The number of nitrogens with one attached hydrogen (secondary N) is 1. The predicted molar refractivity (Wildman–Crippen MR) is 186 cm³/mol. The van der Waals surface area contributed by atoms with Crippen LogP contribution in [0.4, 0.5) is 16.0 Å². The van der Waals surface area contributed by atoms with Crippen molar-refractivity contribution in [3.8, 4) is 0 Å². The number of nitrogens with zero attached hydrogens (tertiary/aromatic N) is 5. The van der Waals surface area contributed by atoms with E-state index in [-0.39, 0.29) is 30.1 Å². The Balaban J connectivity index is 1.47. The number of para-hydroxylation sites is 1. The number of carbonyl (C=O) groups excluding carboxylic acids is 2. The number of hydrogen-bond donors (Lipinski definition) is 2. The molecule has 0 bridgehead atoms. The van der Waals surface area contributed by atoms with Crippen molar-refractivity contribution in [2.75, 3.05) is 25.0 Å². The van der Waals surface area contributed by atoms with Gasteiger partial charge in [-0.05, 0) is 82.2 Å². The summed E-state index contributed by atoms with van der Waals surface area (Å²) in [7, 11) is 1.89. The molecule has 1 aromatic heterocycles. The summed E-state index contributed by atoms with van der Waals surface area (Å²) in [5, 5.41) is 2.50. The van der Waals surface area contributed by atoms with Crippen LogP contribution in [0, 0.1) is 18.7 Å². The molecule has 0 saturated carbocycles. The standard InChI is InChI=1S/C36H48FN7O4/c1-6-28(14-11-27-12-15-29(37)16-13-27)33(41-31-10-8-7-9-24(31)2)43-21-18-30(19-22-43)42(5)36-39-20-17-32(45)44(36)23-48-35(47)26(4)40-34(46)25(3)38/h7-10,12-13,15-17,20,25-26,28,30H,6,11,14,18-19,21-23,38H2,1-5H3,(H,40,46). The van der Waals surface area contributed by atoms with Gasteiger partial charge in [-0.25, -0.2) is 23.7 Å². The SMILES string of the molecule is CCC(CCc1ccc(F)cc1)C(=Nc1ccccc1C)N1CCC(N(C)c2nccc(=O)n2COC(=O)C(C)NC(=O)C(C)N)CC1. The summed E-state index contributed by atoms with van der Waals surface area (Å²) in [6, 6.07) is 14.5. The van der Waals surface area contributed by atoms with Crippen molar-refractivity contribution in [2.45, 2.75) is 84.7 Å². The lowest BCUT2D eigenvalue weighted by molar-refractivity contribution is -0.151. The number of aromatic nitrogens is 2. The van der Waals surface area contributed by atoms with Gasteiger partial charge in [-0.2, -0.15) is 0 Å². The minimum Gasteiger partial charge on any atom is -0.442 e. The van der Waals surface area contributed by atoms with Gasteiger partial charge in [0.05, 0.1) is 11.7 Å². The van der Waals surface area contributed by atoms with E-state index in [1.165, 1.54) is 42.8 Å². The normalized spacial score (nSPS) is 15.8. The van der Waals surface area contributed by atoms with E-state index in [1.807, 2.05) is 42.3 Å². The van der Waals surface area contributed by atoms with E-state index < -0.39 is 24.0 Å². The molecule has 1 fully saturated rings. The molecule has 3 N–H and O–H groups in total. The van der Waals surface area contributed by atoms with Gasteiger partial charge in [-0.1, -0.05) is 37.3 Å². The Labute approximate surface area is 282 Å². The van der Waals surface area contributed by atoms with E-state index in [4.69, 9.17) is 15.5 Å². The molecule has 3 aromatic rings. The quantitative estimate of drug-likeness (QED) is 0.157. The van der Waals surface area contributed by atoms with E-state index in [1.54, 1.807) is 0 Å². The molecule has 3 atom stereocenters. The molecule has 258 valence electrons. The van der Waals surface area contributed by atoms with E-state index in [9.17, 15) is 18.8 Å². The molecule has 3 unspecified atom stereocenters. The van der Waals surface area contributed by atoms with Crippen molar-refractivity contribution in [3.63, 3.8) is 0 Å². The molecule has 48 heavy (non-hydrogen) atoms. The Morgan fingerprint density at radius 3 is 2.46 bits per heavy atom. The fraction of sp³-hybridized carbons (Fsp3) is 0.472. The first-order valence-corrected chi connectivity index (χ1v) is 16.6. The number of esters is 1. The zero-order valence-electron chi connectivity index (χ0n) is 28.6. The highest BCUT2D eigenvalue weighted by Gasteiger charge is 2.30. The number of piperidine rings is 1. The molecular formula is C36H48FN7O4. The second-order valence-electron chi connectivity index (χ2n) is 12.5. The fourth-order valence-electron chi connectivity index (χ4n) is 5.87. The minimum atomic E-state index is -0.931. The van der Waals surface area contributed by atoms with Crippen LogP contribution in [0.25, 0.3) is 0 Å². The maximum atomic E-state index is 13.5.